The summed E-state index contributed by atoms with van der Waals surface area (Å²) in [6, 6.07) is 0. The first kappa shape index (κ1) is 22.1. The maximum Gasteiger partial charge on any atom is 0.0594 e. The minimum atomic E-state index is 0.810. The third-order valence-corrected chi connectivity index (χ3v) is 5.60. The fourth-order valence-corrected chi connectivity index (χ4v) is 3.61. The molecule has 2 fully saturated rings. The van der Waals surface area contributed by atoms with Crippen LogP contribution in [0.3, 0.4) is 0 Å². The van der Waals surface area contributed by atoms with E-state index in [4.69, 9.17) is 9.47 Å². The van der Waals surface area contributed by atoms with Gasteiger partial charge in [-0.05, 0) is 66.0 Å². The second kappa shape index (κ2) is 13.9. The lowest BCUT2D eigenvalue weighted by Gasteiger charge is -2.21. The molecule has 0 bridgehead atoms. The number of likely N-dealkylation sites (N-methyl/N-ethyl adjacent to an activating group) is 2. The molecule has 0 aliphatic carbocycles. The molecule has 0 saturated carbocycles. The molecule has 0 amide bonds. The van der Waals surface area contributed by atoms with Crippen molar-refractivity contribution in [2.24, 2.45) is 0 Å². The van der Waals surface area contributed by atoms with Crippen molar-refractivity contribution in [1.29, 1.82) is 0 Å². The van der Waals surface area contributed by atoms with Crippen LogP contribution in [0, 0.1) is 0 Å². The van der Waals surface area contributed by atoms with Crippen LogP contribution in [0.2, 0.25) is 0 Å². The van der Waals surface area contributed by atoms with Crippen molar-refractivity contribution >= 4 is 0 Å². The van der Waals surface area contributed by atoms with E-state index in [0.717, 1.165) is 59.2 Å². The standard InChI is InChI=1S/C20H42N4O2/c1-21(11-12-23-7-3-4-8-23)13-17-25-18-14-22(2)15-19-26-20-16-24-9-5-6-10-24/h3-20H2,1-2H3. The van der Waals surface area contributed by atoms with Crippen LogP contribution in [-0.4, -0.2) is 126 Å². The lowest BCUT2D eigenvalue weighted by molar-refractivity contribution is 0.0700. The number of ether oxygens (including phenoxy) is 2. The van der Waals surface area contributed by atoms with Crippen LogP contribution in [0.25, 0.3) is 0 Å². The normalized spacial score (nSPS) is 19.4. The third kappa shape index (κ3) is 10.2. The fraction of sp³-hybridized carbons (Fsp3) is 1.00. The van der Waals surface area contributed by atoms with Gasteiger partial charge in [-0.1, -0.05) is 0 Å². The maximum absolute atomic E-state index is 5.80. The number of likely N-dealkylation sites (tertiary alicyclic amines) is 2. The predicted molar refractivity (Wildman–Crippen MR) is 108 cm³/mol. The Labute approximate surface area is 161 Å². The van der Waals surface area contributed by atoms with Gasteiger partial charge in [0.25, 0.3) is 0 Å². The fourth-order valence-electron chi connectivity index (χ4n) is 3.61. The Morgan fingerprint density at radius 2 is 1.00 bits per heavy atom. The van der Waals surface area contributed by atoms with E-state index in [9.17, 15) is 0 Å². The lowest BCUT2D eigenvalue weighted by Crippen LogP contribution is -2.33. The van der Waals surface area contributed by atoms with Gasteiger partial charge in [0.15, 0.2) is 0 Å². The van der Waals surface area contributed by atoms with Crippen molar-refractivity contribution in [2.45, 2.75) is 25.7 Å². The van der Waals surface area contributed by atoms with Gasteiger partial charge >= 0.3 is 0 Å². The van der Waals surface area contributed by atoms with Gasteiger partial charge in [-0.2, -0.15) is 0 Å². The van der Waals surface area contributed by atoms with Crippen LogP contribution in [0.4, 0.5) is 0 Å². The average Bonchev–Trinajstić information content (AvgIpc) is 3.33. The Balaban J connectivity index is 1.32. The average molecular weight is 371 g/mol. The summed E-state index contributed by atoms with van der Waals surface area (Å²) >= 11 is 0. The number of nitrogens with zero attached hydrogens (tertiary/aromatic N) is 4. The van der Waals surface area contributed by atoms with Gasteiger partial charge in [0.05, 0.1) is 26.4 Å². The van der Waals surface area contributed by atoms with Gasteiger partial charge in [-0.3, -0.25) is 0 Å². The monoisotopic (exact) mass is 370 g/mol. The highest BCUT2D eigenvalue weighted by Gasteiger charge is 2.12. The Morgan fingerprint density at radius 1 is 0.577 bits per heavy atom. The molecule has 6 nitrogen and oxygen atoms in total. The highest BCUT2D eigenvalue weighted by Crippen LogP contribution is 2.06. The van der Waals surface area contributed by atoms with E-state index >= 15 is 0 Å². The van der Waals surface area contributed by atoms with E-state index in [2.05, 4.69) is 33.7 Å². The van der Waals surface area contributed by atoms with E-state index < -0.39 is 0 Å². The van der Waals surface area contributed by atoms with Crippen molar-refractivity contribution < 1.29 is 9.47 Å². The highest BCUT2D eigenvalue weighted by molar-refractivity contribution is 4.67. The molecule has 0 atom stereocenters. The van der Waals surface area contributed by atoms with E-state index in [1.807, 2.05) is 0 Å². The topological polar surface area (TPSA) is 31.4 Å². The molecule has 2 aliphatic rings. The molecule has 2 rings (SSSR count). The van der Waals surface area contributed by atoms with Crippen molar-refractivity contribution in [3.05, 3.63) is 0 Å². The van der Waals surface area contributed by atoms with E-state index in [0.29, 0.717) is 0 Å². The molecule has 0 aromatic heterocycles. The van der Waals surface area contributed by atoms with Crippen molar-refractivity contribution in [3.63, 3.8) is 0 Å². The summed E-state index contributed by atoms with van der Waals surface area (Å²) in [5.41, 5.74) is 0. The first-order chi connectivity index (χ1) is 12.7. The molecule has 6 heteroatoms. The molecule has 2 saturated heterocycles. The summed E-state index contributed by atoms with van der Waals surface area (Å²) in [6.07, 6.45) is 5.47. The van der Waals surface area contributed by atoms with Crippen LogP contribution in [0.15, 0.2) is 0 Å². The molecule has 0 aromatic carbocycles. The molecular formula is C20H42N4O2. The van der Waals surface area contributed by atoms with Gasteiger partial charge in [-0.25, -0.2) is 0 Å². The van der Waals surface area contributed by atoms with Crippen molar-refractivity contribution in [1.82, 2.24) is 19.6 Å². The van der Waals surface area contributed by atoms with Crippen LogP contribution in [0.1, 0.15) is 25.7 Å². The van der Waals surface area contributed by atoms with Gasteiger partial charge in [0.2, 0.25) is 0 Å². The maximum atomic E-state index is 5.80. The van der Waals surface area contributed by atoms with Crippen LogP contribution in [-0.2, 0) is 9.47 Å². The molecule has 0 aromatic rings. The highest BCUT2D eigenvalue weighted by atomic mass is 16.5. The molecule has 154 valence electrons. The van der Waals surface area contributed by atoms with E-state index in [1.54, 1.807) is 0 Å². The van der Waals surface area contributed by atoms with E-state index in [-0.39, 0.29) is 0 Å². The summed E-state index contributed by atoms with van der Waals surface area (Å²) in [6.45, 7) is 14.9. The van der Waals surface area contributed by atoms with E-state index in [1.165, 1.54) is 58.4 Å². The molecule has 0 spiro atoms. The SMILES string of the molecule is CN(CCOCCN(C)CCN1CCCC1)CCOCCN1CCCC1. The lowest BCUT2D eigenvalue weighted by atomic mass is 10.4. The molecule has 0 unspecified atom stereocenters. The molecule has 2 heterocycles. The number of hydrogen-bond acceptors (Lipinski definition) is 6. The Morgan fingerprint density at radius 3 is 1.54 bits per heavy atom. The molecule has 0 radical (unpaired) electrons. The summed E-state index contributed by atoms with van der Waals surface area (Å²) in [4.78, 5) is 9.75. The zero-order valence-corrected chi connectivity index (χ0v) is 17.3. The number of hydrogen-bond donors (Lipinski definition) is 0. The minimum absolute atomic E-state index is 0.810. The summed E-state index contributed by atoms with van der Waals surface area (Å²) < 4.78 is 11.6. The summed E-state index contributed by atoms with van der Waals surface area (Å²) in [5.74, 6) is 0. The number of rotatable bonds is 15. The predicted octanol–water partition coefficient (Wildman–Crippen LogP) is 1.07. The zero-order valence-electron chi connectivity index (χ0n) is 17.3. The molecule has 0 N–H and O–H groups in total. The Hall–Kier alpha value is -0.240. The summed E-state index contributed by atoms with van der Waals surface area (Å²) in [5, 5.41) is 0. The van der Waals surface area contributed by atoms with Crippen LogP contribution in [0.5, 0.6) is 0 Å². The van der Waals surface area contributed by atoms with Crippen LogP contribution < -0.4 is 0 Å². The first-order valence-electron chi connectivity index (χ1n) is 10.7. The van der Waals surface area contributed by atoms with Crippen molar-refractivity contribution in [2.75, 3.05) is 106 Å². The second-order valence-electron chi connectivity index (χ2n) is 7.93. The first-order valence-corrected chi connectivity index (χ1v) is 10.7. The van der Waals surface area contributed by atoms with Gasteiger partial charge in [0, 0.05) is 39.3 Å². The minimum Gasteiger partial charge on any atom is -0.379 e. The second-order valence-corrected chi connectivity index (χ2v) is 7.93. The molecule has 2 aliphatic heterocycles. The molecular weight excluding hydrogens is 328 g/mol. The Bertz CT molecular complexity index is 334. The van der Waals surface area contributed by atoms with Gasteiger partial charge < -0.3 is 29.1 Å². The van der Waals surface area contributed by atoms with Gasteiger partial charge in [0.1, 0.15) is 0 Å². The van der Waals surface area contributed by atoms with Crippen LogP contribution >= 0.6 is 0 Å². The largest absolute Gasteiger partial charge is 0.379 e. The van der Waals surface area contributed by atoms with Gasteiger partial charge in [-0.15, -0.1) is 0 Å². The molecule has 26 heavy (non-hydrogen) atoms. The smallest absolute Gasteiger partial charge is 0.0594 e. The third-order valence-electron chi connectivity index (χ3n) is 5.60. The zero-order chi connectivity index (χ0) is 18.5. The Kier molecular flexibility index (Phi) is 11.8. The quantitative estimate of drug-likeness (QED) is 0.401. The summed E-state index contributed by atoms with van der Waals surface area (Å²) in [7, 11) is 4.35. The van der Waals surface area contributed by atoms with Crippen molar-refractivity contribution in [3.8, 4) is 0 Å².